The molecular weight excluding hydrogens is 364 g/mol. The maximum Gasteiger partial charge on any atom is 0.223 e. The summed E-state index contributed by atoms with van der Waals surface area (Å²) in [6, 6.07) is 16.1. The number of methoxy groups -OCH3 is 1. The second-order valence-corrected chi connectivity index (χ2v) is 7.74. The number of nitrogens with zero attached hydrogens (tertiary/aromatic N) is 1. The molecule has 1 N–H and O–H groups in total. The van der Waals surface area contributed by atoms with Gasteiger partial charge in [0, 0.05) is 12.6 Å². The molecule has 1 fully saturated rings. The zero-order valence-corrected chi connectivity index (χ0v) is 17.5. The summed E-state index contributed by atoms with van der Waals surface area (Å²) in [5, 5.41) is 3.22. The van der Waals surface area contributed by atoms with Gasteiger partial charge in [0.1, 0.15) is 11.5 Å². The molecule has 1 unspecified atom stereocenters. The molecular formula is C24H32N2O3. The first-order valence-electron chi connectivity index (χ1n) is 10.5. The van der Waals surface area contributed by atoms with Crippen LogP contribution in [-0.4, -0.2) is 50.2 Å². The van der Waals surface area contributed by atoms with Gasteiger partial charge in [-0.1, -0.05) is 29.8 Å². The van der Waals surface area contributed by atoms with E-state index in [1.165, 1.54) is 24.0 Å². The Morgan fingerprint density at radius 3 is 2.34 bits per heavy atom. The van der Waals surface area contributed by atoms with Crippen molar-refractivity contribution in [3.05, 3.63) is 59.7 Å². The van der Waals surface area contributed by atoms with Crippen LogP contribution < -0.4 is 14.8 Å². The standard InChI is InChI=1S/C24H32N2O3/c1-19-5-9-23(10-6-19)29-16-13-24(27)25-21(18-26-14-3-4-15-26)17-20-7-11-22(28-2)12-8-20/h5-12,21H,3-4,13-18H2,1-2H3,(H,25,27). The monoisotopic (exact) mass is 396 g/mol. The Hall–Kier alpha value is -2.53. The fourth-order valence-electron chi connectivity index (χ4n) is 3.68. The van der Waals surface area contributed by atoms with E-state index in [4.69, 9.17) is 9.47 Å². The van der Waals surface area contributed by atoms with Crippen LogP contribution in [0.4, 0.5) is 0 Å². The minimum atomic E-state index is 0.0369. The molecule has 156 valence electrons. The number of aryl methyl sites for hydroxylation is 1. The van der Waals surface area contributed by atoms with Crippen molar-refractivity contribution in [3.8, 4) is 11.5 Å². The largest absolute Gasteiger partial charge is 0.497 e. The normalized spacial score (nSPS) is 15.1. The van der Waals surface area contributed by atoms with Crippen molar-refractivity contribution in [1.82, 2.24) is 10.2 Å². The smallest absolute Gasteiger partial charge is 0.223 e. The van der Waals surface area contributed by atoms with Crippen molar-refractivity contribution >= 4 is 5.91 Å². The summed E-state index contributed by atoms with van der Waals surface area (Å²) in [5.74, 6) is 1.69. The van der Waals surface area contributed by atoms with E-state index in [0.29, 0.717) is 13.0 Å². The van der Waals surface area contributed by atoms with Crippen LogP contribution in [0.15, 0.2) is 48.5 Å². The number of hydrogen-bond donors (Lipinski definition) is 1. The predicted molar refractivity (Wildman–Crippen MR) is 116 cm³/mol. The topological polar surface area (TPSA) is 50.8 Å². The highest BCUT2D eigenvalue weighted by Crippen LogP contribution is 2.15. The predicted octanol–water partition coefficient (Wildman–Crippen LogP) is 3.60. The number of benzene rings is 2. The molecule has 0 aromatic heterocycles. The molecule has 2 aromatic rings. The van der Waals surface area contributed by atoms with E-state index in [1.807, 2.05) is 43.3 Å². The summed E-state index contributed by atoms with van der Waals surface area (Å²) in [7, 11) is 1.67. The first-order chi connectivity index (χ1) is 14.1. The highest BCUT2D eigenvalue weighted by atomic mass is 16.5. The Labute approximate surface area is 174 Å². The number of ether oxygens (including phenoxy) is 2. The molecule has 5 nitrogen and oxygen atoms in total. The highest BCUT2D eigenvalue weighted by Gasteiger charge is 2.19. The van der Waals surface area contributed by atoms with Crippen molar-refractivity contribution in [2.24, 2.45) is 0 Å². The van der Waals surface area contributed by atoms with E-state index in [1.54, 1.807) is 7.11 Å². The minimum absolute atomic E-state index is 0.0369. The number of carbonyl (C=O) groups is 1. The second kappa shape index (κ2) is 10.9. The molecule has 1 aliphatic rings. The van der Waals surface area contributed by atoms with Gasteiger partial charge in [0.05, 0.1) is 20.1 Å². The summed E-state index contributed by atoms with van der Waals surface area (Å²) >= 11 is 0. The lowest BCUT2D eigenvalue weighted by molar-refractivity contribution is -0.122. The van der Waals surface area contributed by atoms with Crippen LogP contribution in [0.3, 0.4) is 0 Å². The van der Waals surface area contributed by atoms with Gasteiger partial charge in [0.25, 0.3) is 0 Å². The van der Waals surface area contributed by atoms with Gasteiger partial charge in [-0.25, -0.2) is 0 Å². The molecule has 29 heavy (non-hydrogen) atoms. The van der Waals surface area contributed by atoms with Crippen molar-refractivity contribution in [2.45, 2.75) is 38.6 Å². The van der Waals surface area contributed by atoms with E-state index in [9.17, 15) is 4.79 Å². The Morgan fingerprint density at radius 2 is 1.69 bits per heavy atom. The minimum Gasteiger partial charge on any atom is -0.497 e. The third kappa shape index (κ3) is 7.09. The first kappa shape index (κ1) is 21.2. The fraction of sp³-hybridized carbons (Fsp3) is 0.458. The van der Waals surface area contributed by atoms with Gasteiger partial charge in [0.15, 0.2) is 0 Å². The number of amides is 1. The summed E-state index contributed by atoms with van der Waals surface area (Å²) in [5.41, 5.74) is 2.39. The van der Waals surface area contributed by atoms with Crippen LogP contribution in [0.2, 0.25) is 0 Å². The van der Waals surface area contributed by atoms with E-state index >= 15 is 0 Å². The van der Waals surface area contributed by atoms with E-state index < -0.39 is 0 Å². The second-order valence-electron chi connectivity index (χ2n) is 7.74. The molecule has 1 amide bonds. The molecule has 0 radical (unpaired) electrons. The van der Waals surface area contributed by atoms with Crippen LogP contribution >= 0.6 is 0 Å². The van der Waals surface area contributed by atoms with Gasteiger partial charge in [-0.2, -0.15) is 0 Å². The quantitative estimate of drug-likeness (QED) is 0.667. The molecule has 1 atom stereocenters. The highest BCUT2D eigenvalue weighted by molar-refractivity contribution is 5.76. The molecule has 0 aliphatic carbocycles. The zero-order chi connectivity index (χ0) is 20.5. The molecule has 1 aliphatic heterocycles. The van der Waals surface area contributed by atoms with Crippen molar-refractivity contribution < 1.29 is 14.3 Å². The van der Waals surface area contributed by atoms with Crippen molar-refractivity contribution in [3.63, 3.8) is 0 Å². The third-order valence-electron chi connectivity index (χ3n) is 5.30. The molecule has 0 spiro atoms. The molecule has 5 heteroatoms. The summed E-state index contributed by atoms with van der Waals surface area (Å²) in [6.07, 6.45) is 3.65. The Kier molecular flexibility index (Phi) is 7.94. The van der Waals surface area contributed by atoms with Gasteiger partial charge < -0.3 is 19.7 Å². The molecule has 2 aromatic carbocycles. The number of rotatable bonds is 10. The van der Waals surface area contributed by atoms with Gasteiger partial charge in [-0.15, -0.1) is 0 Å². The number of nitrogens with one attached hydrogen (secondary N) is 1. The Balaban J connectivity index is 1.51. The van der Waals surface area contributed by atoms with E-state index in [2.05, 4.69) is 22.3 Å². The number of likely N-dealkylation sites (tertiary alicyclic amines) is 1. The van der Waals surface area contributed by atoms with Crippen LogP contribution in [0.25, 0.3) is 0 Å². The summed E-state index contributed by atoms with van der Waals surface area (Å²) in [6.45, 7) is 5.54. The maximum absolute atomic E-state index is 12.5. The van der Waals surface area contributed by atoms with Crippen molar-refractivity contribution in [1.29, 1.82) is 0 Å². The molecule has 1 heterocycles. The Bertz CT molecular complexity index is 753. The Morgan fingerprint density at radius 1 is 1.03 bits per heavy atom. The van der Waals surface area contributed by atoms with Gasteiger partial charge in [-0.3, -0.25) is 4.79 Å². The third-order valence-corrected chi connectivity index (χ3v) is 5.30. The van der Waals surface area contributed by atoms with Gasteiger partial charge in [0.2, 0.25) is 5.91 Å². The molecule has 1 saturated heterocycles. The molecule has 3 rings (SSSR count). The lowest BCUT2D eigenvalue weighted by Crippen LogP contribution is -2.44. The van der Waals surface area contributed by atoms with Crippen LogP contribution in [0, 0.1) is 6.92 Å². The summed E-state index contributed by atoms with van der Waals surface area (Å²) < 4.78 is 10.9. The average Bonchev–Trinajstić information content (AvgIpc) is 3.23. The average molecular weight is 397 g/mol. The number of carbonyl (C=O) groups excluding carboxylic acids is 1. The van der Waals surface area contributed by atoms with Crippen molar-refractivity contribution in [2.75, 3.05) is 33.4 Å². The number of hydrogen-bond acceptors (Lipinski definition) is 4. The SMILES string of the molecule is COc1ccc(CC(CN2CCCC2)NC(=O)CCOc2ccc(C)cc2)cc1. The van der Waals surface area contributed by atoms with E-state index in [0.717, 1.165) is 37.6 Å². The lowest BCUT2D eigenvalue weighted by atomic mass is 10.0. The van der Waals surface area contributed by atoms with E-state index in [-0.39, 0.29) is 11.9 Å². The maximum atomic E-state index is 12.5. The first-order valence-corrected chi connectivity index (χ1v) is 10.5. The van der Waals surface area contributed by atoms with Crippen LogP contribution in [0.5, 0.6) is 11.5 Å². The molecule has 0 saturated carbocycles. The van der Waals surface area contributed by atoms with Crippen LogP contribution in [-0.2, 0) is 11.2 Å². The van der Waals surface area contributed by atoms with Gasteiger partial charge in [-0.05, 0) is 69.1 Å². The van der Waals surface area contributed by atoms with Gasteiger partial charge >= 0.3 is 0 Å². The molecule has 0 bridgehead atoms. The van der Waals surface area contributed by atoms with Crippen LogP contribution in [0.1, 0.15) is 30.4 Å². The lowest BCUT2D eigenvalue weighted by Gasteiger charge is -2.25. The summed E-state index contributed by atoms with van der Waals surface area (Å²) in [4.78, 5) is 15.0. The fourth-order valence-corrected chi connectivity index (χ4v) is 3.68. The zero-order valence-electron chi connectivity index (χ0n) is 17.5.